The minimum atomic E-state index is -0.00796. The van der Waals surface area contributed by atoms with Crippen LogP contribution in [0.5, 0.6) is 0 Å². The van der Waals surface area contributed by atoms with Crippen molar-refractivity contribution in [3.05, 3.63) is 34.3 Å². The molecule has 6 nitrogen and oxygen atoms in total. The molecule has 1 atom stereocenters. The van der Waals surface area contributed by atoms with Crippen LogP contribution in [0.1, 0.15) is 47.9 Å². The van der Waals surface area contributed by atoms with Crippen LogP contribution in [0, 0.1) is 6.92 Å². The molecule has 23 heavy (non-hydrogen) atoms. The Morgan fingerprint density at radius 2 is 2.30 bits per heavy atom. The predicted molar refractivity (Wildman–Crippen MR) is 90.3 cm³/mol. The van der Waals surface area contributed by atoms with Crippen LogP contribution in [-0.4, -0.2) is 32.0 Å². The molecule has 0 unspecified atom stereocenters. The molecule has 0 bridgehead atoms. The highest BCUT2D eigenvalue weighted by atomic mass is 32.1. The lowest BCUT2D eigenvalue weighted by molar-refractivity contribution is 0.145. The second-order valence-corrected chi connectivity index (χ2v) is 7.10. The van der Waals surface area contributed by atoms with E-state index in [4.69, 9.17) is 0 Å². The Kier molecular flexibility index (Phi) is 4.95. The summed E-state index contributed by atoms with van der Waals surface area (Å²) in [5, 5.41) is 4.05. The molecule has 3 heterocycles. The Bertz CT molecular complexity index is 665. The van der Waals surface area contributed by atoms with Gasteiger partial charge in [0.1, 0.15) is 5.82 Å². The molecule has 2 aromatic heterocycles. The zero-order chi connectivity index (χ0) is 16.2. The first kappa shape index (κ1) is 16.0. The molecule has 1 N–H and O–H groups in total. The fraction of sp³-hybridized carbons (Fsp3) is 0.562. The van der Waals surface area contributed by atoms with Crippen LogP contribution in [0.3, 0.4) is 0 Å². The van der Waals surface area contributed by atoms with E-state index in [9.17, 15) is 4.79 Å². The molecule has 7 heteroatoms. The third kappa shape index (κ3) is 3.55. The molecule has 2 amide bonds. The zero-order valence-corrected chi connectivity index (χ0v) is 14.5. The van der Waals surface area contributed by atoms with Crippen molar-refractivity contribution in [1.29, 1.82) is 0 Å². The van der Waals surface area contributed by atoms with Gasteiger partial charge in [0.15, 0.2) is 0 Å². The Hall–Kier alpha value is -1.89. The summed E-state index contributed by atoms with van der Waals surface area (Å²) in [5.41, 5.74) is 0. The minimum absolute atomic E-state index is 0.00796. The molecule has 0 aliphatic carbocycles. The second kappa shape index (κ2) is 7.12. The highest BCUT2D eigenvalue weighted by Crippen LogP contribution is 2.30. The summed E-state index contributed by atoms with van der Waals surface area (Å²) in [5.74, 6) is 0.996. The van der Waals surface area contributed by atoms with E-state index in [0.29, 0.717) is 6.54 Å². The molecule has 1 aliphatic heterocycles. The lowest BCUT2D eigenvalue weighted by Crippen LogP contribution is -2.45. The highest BCUT2D eigenvalue weighted by molar-refractivity contribution is 7.11. The molecule has 1 aliphatic rings. The quantitative estimate of drug-likeness (QED) is 0.935. The van der Waals surface area contributed by atoms with E-state index in [1.807, 2.05) is 30.4 Å². The average Bonchev–Trinajstić information content (AvgIpc) is 3.21. The zero-order valence-electron chi connectivity index (χ0n) is 13.7. The van der Waals surface area contributed by atoms with Gasteiger partial charge in [0.2, 0.25) is 0 Å². The Labute approximate surface area is 140 Å². The fourth-order valence-corrected chi connectivity index (χ4v) is 3.81. The summed E-state index contributed by atoms with van der Waals surface area (Å²) >= 11 is 1.62. The van der Waals surface area contributed by atoms with Gasteiger partial charge in [-0.3, -0.25) is 0 Å². The number of urea groups is 1. The molecular formula is C16H23N5OS. The Morgan fingerprint density at radius 1 is 1.43 bits per heavy atom. The van der Waals surface area contributed by atoms with Crippen molar-refractivity contribution < 1.29 is 4.79 Å². The predicted octanol–water partition coefficient (Wildman–Crippen LogP) is 3.10. The first-order valence-electron chi connectivity index (χ1n) is 8.16. The number of nitrogens with one attached hydrogen (secondary N) is 1. The number of carbonyl (C=O) groups excluding carboxylic acids is 1. The summed E-state index contributed by atoms with van der Waals surface area (Å²) in [6.07, 6.45) is 8.81. The number of imidazole rings is 1. The number of amides is 2. The van der Waals surface area contributed by atoms with Crippen molar-refractivity contribution in [2.75, 3.05) is 6.54 Å². The molecule has 3 rings (SSSR count). The number of carbonyl (C=O) groups is 1. The van der Waals surface area contributed by atoms with Crippen LogP contribution in [0.25, 0.3) is 0 Å². The van der Waals surface area contributed by atoms with Crippen molar-refractivity contribution in [2.45, 2.75) is 52.2 Å². The van der Waals surface area contributed by atoms with Crippen LogP contribution in [-0.2, 0) is 13.1 Å². The SMILES string of the molecule is CCn1ccnc1[C@@H]1CCCCN1C(=O)NCc1cnc(C)s1. The van der Waals surface area contributed by atoms with E-state index in [0.717, 1.165) is 48.1 Å². The number of aromatic nitrogens is 3. The first-order valence-corrected chi connectivity index (χ1v) is 8.97. The molecule has 0 radical (unpaired) electrons. The average molecular weight is 333 g/mol. The van der Waals surface area contributed by atoms with Crippen LogP contribution in [0.2, 0.25) is 0 Å². The van der Waals surface area contributed by atoms with Gasteiger partial charge in [-0.05, 0) is 33.1 Å². The lowest BCUT2D eigenvalue weighted by atomic mass is 10.0. The van der Waals surface area contributed by atoms with Crippen LogP contribution in [0.4, 0.5) is 4.79 Å². The van der Waals surface area contributed by atoms with Crippen molar-refractivity contribution in [2.24, 2.45) is 0 Å². The smallest absolute Gasteiger partial charge is 0.318 e. The minimum Gasteiger partial charge on any atom is -0.333 e. The van der Waals surface area contributed by atoms with Crippen LogP contribution >= 0.6 is 11.3 Å². The van der Waals surface area contributed by atoms with Gasteiger partial charge < -0.3 is 14.8 Å². The number of likely N-dealkylation sites (tertiary alicyclic amines) is 1. The normalized spacial score (nSPS) is 18.2. The van der Waals surface area contributed by atoms with E-state index in [-0.39, 0.29) is 12.1 Å². The molecular weight excluding hydrogens is 310 g/mol. The molecule has 1 saturated heterocycles. The van der Waals surface area contributed by atoms with E-state index in [1.165, 1.54) is 0 Å². The number of nitrogens with zero attached hydrogens (tertiary/aromatic N) is 4. The molecule has 1 fully saturated rings. The van der Waals surface area contributed by atoms with Gasteiger partial charge in [0.25, 0.3) is 0 Å². The number of hydrogen-bond donors (Lipinski definition) is 1. The Morgan fingerprint density at radius 3 is 3.04 bits per heavy atom. The van der Waals surface area contributed by atoms with Gasteiger partial charge in [0.05, 0.1) is 17.6 Å². The summed E-state index contributed by atoms with van der Waals surface area (Å²) in [6.45, 7) is 6.28. The number of rotatable bonds is 4. The third-order valence-electron chi connectivity index (χ3n) is 4.23. The lowest BCUT2D eigenvalue weighted by Gasteiger charge is -2.35. The highest BCUT2D eigenvalue weighted by Gasteiger charge is 2.30. The second-order valence-electron chi connectivity index (χ2n) is 5.78. The summed E-state index contributed by atoms with van der Waals surface area (Å²) in [6, 6.07) is 0.0632. The largest absolute Gasteiger partial charge is 0.333 e. The van der Waals surface area contributed by atoms with Crippen molar-refractivity contribution >= 4 is 17.4 Å². The summed E-state index contributed by atoms with van der Waals surface area (Å²) in [4.78, 5) is 24.4. The summed E-state index contributed by atoms with van der Waals surface area (Å²) in [7, 11) is 0. The Balaban J connectivity index is 1.69. The maximum Gasteiger partial charge on any atom is 0.318 e. The van der Waals surface area contributed by atoms with Crippen molar-refractivity contribution in [1.82, 2.24) is 24.8 Å². The molecule has 0 saturated carbocycles. The molecule has 124 valence electrons. The van der Waals surface area contributed by atoms with Crippen molar-refractivity contribution in [3.8, 4) is 0 Å². The van der Waals surface area contributed by atoms with E-state index < -0.39 is 0 Å². The van der Waals surface area contributed by atoms with Gasteiger partial charge in [-0.25, -0.2) is 14.8 Å². The summed E-state index contributed by atoms with van der Waals surface area (Å²) < 4.78 is 2.13. The maximum absolute atomic E-state index is 12.6. The van der Waals surface area contributed by atoms with E-state index in [1.54, 1.807) is 11.3 Å². The molecule has 0 spiro atoms. The number of aryl methyl sites for hydroxylation is 2. The monoisotopic (exact) mass is 333 g/mol. The van der Waals surface area contributed by atoms with Gasteiger partial charge in [-0.2, -0.15) is 0 Å². The fourth-order valence-electron chi connectivity index (χ4n) is 3.08. The van der Waals surface area contributed by atoms with Gasteiger partial charge in [0, 0.05) is 36.6 Å². The maximum atomic E-state index is 12.6. The van der Waals surface area contributed by atoms with E-state index in [2.05, 4.69) is 26.8 Å². The van der Waals surface area contributed by atoms with Crippen LogP contribution < -0.4 is 5.32 Å². The third-order valence-corrected chi connectivity index (χ3v) is 5.15. The number of piperidine rings is 1. The van der Waals surface area contributed by atoms with Gasteiger partial charge >= 0.3 is 6.03 Å². The van der Waals surface area contributed by atoms with Crippen molar-refractivity contribution in [3.63, 3.8) is 0 Å². The number of thiazole rings is 1. The number of hydrogen-bond acceptors (Lipinski definition) is 4. The van der Waals surface area contributed by atoms with E-state index >= 15 is 0 Å². The van der Waals surface area contributed by atoms with Gasteiger partial charge in [-0.15, -0.1) is 11.3 Å². The molecule has 0 aromatic carbocycles. The first-order chi connectivity index (χ1) is 11.2. The van der Waals surface area contributed by atoms with Gasteiger partial charge in [-0.1, -0.05) is 0 Å². The van der Waals surface area contributed by atoms with Crippen LogP contribution in [0.15, 0.2) is 18.6 Å². The topological polar surface area (TPSA) is 63.1 Å². The molecule has 2 aromatic rings. The standard InChI is InChI=1S/C16H23N5OS/c1-3-20-9-7-17-15(20)14-6-4-5-8-21(14)16(22)19-11-13-10-18-12(2)23-13/h7,9-10,14H,3-6,8,11H2,1-2H3,(H,19,22)/t14-/m0/s1.